The number of hydrogen-bond acceptors (Lipinski definition) is 4. The lowest BCUT2D eigenvalue weighted by atomic mass is 10.0. The van der Waals surface area contributed by atoms with Crippen LogP contribution in [0.2, 0.25) is 0 Å². The van der Waals surface area contributed by atoms with E-state index in [2.05, 4.69) is 19.0 Å². The maximum atomic E-state index is 11.7. The number of nitrogens with zero attached hydrogens (tertiary/aromatic N) is 2. The van der Waals surface area contributed by atoms with Crippen molar-refractivity contribution < 1.29 is 14.1 Å². The summed E-state index contributed by atoms with van der Waals surface area (Å²) in [5.41, 5.74) is 0. The highest BCUT2D eigenvalue weighted by Gasteiger charge is 2.21. The van der Waals surface area contributed by atoms with Crippen molar-refractivity contribution in [2.24, 2.45) is 0 Å². The number of aromatic nitrogens is 1. The van der Waals surface area contributed by atoms with E-state index in [0.29, 0.717) is 5.92 Å². The monoisotopic (exact) mass is 252 g/mol. The normalized spacial score (nSPS) is 16.9. The van der Waals surface area contributed by atoms with E-state index < -0.39 is 0 Å². The van der Waals surface area contributed by atoms with Crippen molar-refractivity contribution in [3.8, 4) is 5.88 Å². The molecule has 1 unspecified atom stereocenters. The minimum atomic E-state index is -0.324. The molecule has 2 rings (SSSR count). The Morgan fingerprint density at radius 1 is 1.56 bits per heavy atom. The fourth-order valence-electron chi connectivity index (χ4n) is 2.18. The Morgan fingerprint density at radius 2 is 2.28 bits per heavy atom. The van der Waals surface area contributed by atoms with Crippen LogP contribution in [0.25, 0.3) is 0 Å². The molecule has 5 heteroatoms. The summed E-state index contributed by atoms with van der Waals surface area (Å²) in [6.07, 6.45) is 3.90. The van der Waals surface area contributed by atoms with E-state index in [1.807, 2.05) is 0 Å². The fourth-order valence-corrected chi connectivity index (χ4v) is 2.18. The molecule has 0 saturated carbocycles. The zero-order chi connectivity index (χ0) is 13.0. The van der Waals surface area contributed by atoms with Gasteiger partial charge in [-0.1, -0.05) is 20.3 Å². The highest BCUT2D eigenvalue weighted by Crippen LogP contribution is 2.24. The van der Waals surface area contributed by atoms with Gasteiger partial charge in [-0.3, -0.25) is 0 Å². The van der Waals surface area contributed by atoms with Crippen LogP contribution in [0.3, 0.4) is 0 Å². The fraction of sp³-hybridized carbons (Fsp3) is 0.692. The number of ether oxygens (including phenoxy) is 1. The van der Waals surface area contributed by atoms with E-state index in [9.17, 15) is 4.79 Å². The van der Waals surface area contributed by atoms with Crippen LogP contribution >= 0.6 is 0 Å². The maximum Gasteiger partial charge on any atom is 0.416 e. The molecule has 0 N–H and O–H groups in total. The van der Waals surface area contributed by atoms with Crippen LogP contribution in [0, 0.1) is 0 Å². The van der Waals surface area contributed by atoms with Gasteiger partial charge in [-0.25, -0.2) is 4.79 Å². The molecule has 5 nitrogen and oxygen atoms in total. The molecule has 1 aromatic rings. The largest absolute Gasteiger partial charge is 0.416 e. The SMILES string of the molecule is CCCC(C)c1cc(OC(=O)N2CCCC2)no1. The van der Waals surface area contributed by atoms with Crippen molar-refractivity contribution in [2.45, 2.75) is 45.4 Å². The second kappa shape index (κ2) is 5.89. The van der Waals surface area contributed by atoms with E-state index >= 15 is 0 Å². The van der Waals surface area contributed by atoms with Gasteiger partial charge in [-0.15, -0.1) is 0 Å². The number of rotatable bonds is 4. The van der Waals surface area contributed by atoms with Crippen LogP contribution in [-0.2, 0) is 0 Å². The molecule has 18 heavy (non-hydrogen) atoms. The van der Waals surface area contributed by atoms with Gasteiger partial charge in [0.25, 0.3) is 5.88 Å². The summed E-state index contributed by atoms with van der Waals surface area (Å²) in [6, 6.07) is 1.72. The number of carbonyl (C=O) groups excluding carboxylic acids is 1. The second-order valence-corrected chi connectivity index (χ2v) is 4.82. The molecule has 1 fully saturated rings. The Morgan fingerprint density at radius 3 is 2.94 bits per heavy atom. The van der Waals surface area contributed by atoms with Crippen LogP contribution in [0.15, 0.2) is 10.6 Å². The molecule has 1 aromatic heterocycles. The van der Waals surface area contributed by atoms with Gasteiger partial charge in [-0.2, -0.15) is 0 Å². The van der Waals surface area contributed by atoms with Crippen LogP contribution in [0.1, 0.15) is 51.2 Å². The highest BCUT2D eigenvalue weighted by molar-refractivity contribution is 5.70. The van der Waals surface area contributed by atoms with Crippen LogP contribution in [0.4, 0.5) is 4.79 Å². The predicted molar refractivity (Wildman–Crippen MR) is 66.7 cm³/mol. The molecule has 1 aliphatic heterocycles. The number of likely N-dealkylation sites (tertiary alicyclic amines) is 1. The van der Waals surface area contributed by atoms with E-state index in [-0.39, 0.29) is 12.0 Å². The Hall–Kier alpha value is -1.52. The van der Waals surface area contributed by atoms with E-state index in [4.69, 9.17) is 9.26 Å². The number of amides is 1. The van der Waals surface area contributed by atoms with Gasteiger partial charge in [0.2, 0.25) is 0 Å². The van der Waals surface area contributed by atoms with Crippen molar-refractivity contribution in [1.29, 1.82) is 0 Å². The predicted octanol–water partition coefficient (Wildman–Crippen LogP) is 3.17. The lowest BCUT2D eigenvalue weighted by Crippen LogP contribution is -2.30. The van der Waals surface area contributed by atoms with Crippen LogP contribution in [0.5, 0.6) is 5.88 Å². The average Bonchev–Trinajstić information content (AvgIpc) is 2.99. The second-order valence-electron chi connectivity index (χ2n) is 4.82. The summed E-state index contributed by atoms with van der Waals surface area (Å²) in [6.45, 7) is 5.75. The van der Waals surface area contributed by atoms with Crippen LogP contribution in [-0.4, -0.2) is 29.2 Å². The van der Waals surface area contributed by atoms with Crippen molar-refractivity contribution in [2.75, 3.05) is 13.1 Å². The minimum Gasteiger partial charge on any atom is -0.388 e. The highest BCUT2D eigenvalue weighted by atomic mass is 16.6. The van der Waals surface area contributed by atoms with Gasteiger partial charge in [0, 0.05) is 25.1 Å². The van der Waals surface area contributed by atoms with Crippen molar-refractivity contribution in [3.05, 3.63) is 11.8 Å². The lowest BCUT2D eigenvalue weighted by Gasteiger charge is -2.12. The minimum absolute atomic E-state index is 0.268. The molecule has 1 atom stereocenters. The van der Waals surface area contributed by atoms with Gasteiger partial charge in [0.1, 0.15) is 5.76 Å². The zero-order valence-electron chi connectivity index (χ0n) is 11.0. The first-order valence-electron chi connectivity index (χ1n) is 6.64. The average molecular weight is 252 g/mol. The summed E-state index contributed by atoms with van der Waals surface area (Å²) in [5, 5.41) is 3.79. The Kier molecular flexibility index (Phi) is 4.23. The third kappa shape index (κ3) is 3.03. The summed E-state index contributed by atoms with van der Waals surface area (Å²) in [7, 11) is 0. The molecular formula is C13H20N2O3. The molecule has 1 saturated heterocycles. The van der Waals surface area contributed by atoms with Gasteiger partial charge in [0.15, 0.2) is 0 Å². The van der Waals surface area contributed by atoms with E-state index in [1.54, 1.807) is 11.0 Å². The molecule has 0 radical (unpaired) electrons. The standard InChI is InChI=1S/C13H20N2O3/c1-3-6-10(2)11-9-12(14-18-11)17-13(16)15-7-4-5-8-15/h9-10H,3-8H2,1-2H3. The molecule has 2 heterocycles. The first kappa shape index (κ1) is 12.9. The van der Waals surface area contributed by atoms with Gasteiger partial charge < -0.3 is 14.2 Å². The first-order chi connectivity index (χ1) is 8.70. The molecule has 1 aliphatic rings. The lowest BCUT2D eigenvalue weighted by molar-refractivity contribution is 0.158. The van der Waals surface area contributed by atoms with Crippen molar-refractivity contribution >= 4 is 6.09 Å². The maximum absolute atomic E-state index is 11.7. The summed E-state index contributed by atoms with van der Waals surface area (Å²) in [5.74, 6) is 1.35. The summed E-state index contributed by atoms with van der Waals surface area (Å²) in [4.78, 5) is 13.4. The molecule has 0 aliphatic carbocycles. The van der Waals surface area contributed by atoms with Crippen LogP contribution < -0.4 is 4.74 Å². The third-order valence-electron chi connectivity index (χ3n) is 3.27. The van der Waals surface area contributed by atoms with Gasteiger partial charge >= 0.3 is 6.09 Å². The molecular weight excluding hydrogens is 232 g/mol. The van der Waals surface area contributed by atoms with Gasteiger partial charge in [-0.05, 0) is 24.4 Å². The zero-order valence-corrected chi connectivity index (χ0v) is 11.0. The number of carbonyl (C=O) groups is 1. The molecule has 0 bridgehead atoms. The summed E-state index contributed by atoms with van der Waals surface area (Å²) < 4.78 is 10.4. The smallest absolute Gasteiger partial charge is 0.388 e. The quantitative estimate of drug-likeness (QED) is 0.825. The molecule has 0 spiro atoms. The number of hydrogen-bond donors (Lipinski definition) is 0. The Labute approximate surface area is 107 Å². The topological polar surface area (TPSA) is 55.6 Å². The Balaban J connectivity index is 1.91. The summed E-state index contributed by atoms with van der Waals surface area (Å²) >= 11 is 0. The molecule has 1 amide bonds. The van der Waals surface area contributed by atoms with Crippen molar-refractivity contribution in [1.82, 2.24) is 10.1 Å². The third-order valence-corrected chi connectivity index (χ3v) is 3.27. The van der Waals surface area contributed by atoms with Crippen molar-refractivity contribution in [3.63, 3.8) is 0 Å². The first-order valence-corrected chi connectivity index (χ1v) is 6.64. The van der Waals surface area contributed by atoms with Gasteiger partial charge in [0.05, 0.1) is 0 Å². The van der Waals surface area contributed by atoms with E-state index in [0.717, 1.165) is 44.5 Å². The molecule has 0 aromatic carbocycles. The Bertz CT molecular complexity index is 397. The van der Waals surface area contributed by atoms with E-state index in [1.165, 1.54) is 0 Å². The molecule has 100 valence electrons.